The molecule has 0 aliphatic heterocycles. The van der Waals surface area contributed by atoms with Crippen molar-refractivity contribution in [3.63, 3.8) is 0 Å². The van der Waals surface area contributed by atoms with E-state index >= 15 is 0 Å². The van der Waals surface area contributed by atoms with Gasteiger partial charge in [-0.1, -0.05) is 116 Å². The fraction of sp³-hybridized carbons (Fsp3) is 1.00. The summed E-state index contributed by atoms with van der Waals surface area (Å²) in [5, 5.41) is 8.16. The van der Waals surface area contributed by atoms with Gasteiger partial charge in [-0.2, -0.15) is 8.42 Å². The van der Waals surface area contributed by atoms with E-state index in [4.69, 9.17) is 5.11 Å². The van der Waals surface area contributed by atoms with Gasteiger partial charge in [0.25, 0.3) is 10.1 Å². The van der Waals surface area contributed by atoms with Gasteiger partial charge in [0.1, 0.15) is 0 Å². The second kappa shape index (κ2) is 20.2. The molecule has 0 aliphatic carbocycles. The van der Waals surface area contributed by atoms with Crippen LogP contribution in [0.5, 0.6) is 0 Å². The van der Waals surface area contributed by atoms with Gasteiger partial charge in [0.05, 0.1) is 5.25 Å². The van der Waals surface area contributed by atoms with E-state index < -0.39 is 15.4 Å². The van der Waals surface area contributed by atoms with E-state index in [1.165, 1.54) is 77.0 Å². The molecule has 0 spiro atoms. The van der Waals surface area contributed by atoms with E-state index in [1.54, 1.807) is 0 Å². The highest BCUT2D eigenvalue weighted by Gasteiger charge is 2.21. The first kappa shape index (κ1) is 27.9. The molecule has 0 aliphatic rings. The number of unbranched alkanes of at least 4 members (excludes halogenated alkanes) is 16. The maximum atomic E-state index is 11.5. The third kappa shape index (κ3) is 19.2. The van der Waals surface area contributed by atoms with Crippen LogP contribution in [0.25, 0.3) is 0 Å². The summed E-state index contributed by atoms with van der Waals surface area (Å²) in [5.74, 6) is 0. The molecule has 28 heavy (non-hydrogen) atoms. The van der Waals surface area contributed by atoms with Crippen molar-refractivity contribution in [2.45, 2.75) is 141 Å². The van der Waals surface area contributed by atoms with Gasteiger partial charge < -0.3 is 5.11 Å². The molecule has 1 atom stereocenters. The Morgan fingerprint density at radius 3 is 1.21 bits per heavy atom. The maximum Gasteiger partial charge on any atom is 0.267 e. The molecule has 2 N–H and O–H groups in total. The molecule has 0 aromatic heterocycles. The molecule has 0 aromatic rings. The summed E-state index contributed by atoms with van der Waals surface area (Å²) in [4.78, 5) is 0. The highest BCUT2D eigenvalue weighted by atomic mass is 32.2. The second-order valence-electron chi connectivity index (χ2n) is 8.45. The monoisotopic (exact) mass is 420 g/mol. The molecule has 0 saturated carbocycles. The minimum atomic E-state index is -3.92. The zero-order valence-corrected chi connectivity index (χ0v) is 19.4. The average Bonchev–Trinajstić information content (AvgIpc) is 2.65. The Balaban J connectivity index is 3.52. The van der Waals surface area contributed by atoms with Gasteiger partial charge in [-0.25, -0.2) is 0 Å². The third-order valence-electron chi connectivity index (χ3n) is 5.74. The van der Waals surface area contributed by atoms with Crippen LogP contribution < -0.4 is 0 Å². The van der Waals surface area contributed by atoms with Gasteiger partial charge in [-0.15, -0.1) is 0 Å². The van der Waals surface area contributed by atoms with E-state index in [-0.39, 0.29) is 6.61 Å². The smallest absolute Gasteiger partial charge is 0.267 e. The fourth-order valence-electron chi connectivity index (χ4n) is 3.85. The molecule has 0 radical (unpaired) electrons. The van der Waals surface area contributed by atoms with Crippen molar-refractivity contribution in [2.75, 3.05) is 6.61 Å². The first-order valence-electron chi connectivity index (χ1n) is 12.1. The second-order valence-corrected chi connectivity index (χ2v) is 10.1. The molecular formula is C23H48O4S. The van der Waals surface area contributed by atoms with E-state index in [1.807, 2.05) is 0 Å². The molecule has 0 aromatic carbocycles. The fourth-order valence-corrected chi connectivity index (χ4v) is 4.78. The van der Waals surface area contributed by atoms with Gasteiger partial charge in [-0.3, -0.25) is 4.55 Å². The van der Waals surface area contributed by atoms with Crippen molar-refractivity contribution < 1.29 is 18.1 Å². The summed E-state index contributed by atoms with van der Waals surface area (Å²) in [6.07, 6.45) is 22.6. The van der Waals surface area contributed by atoms with Crippen LogP contribution in [0, 0.1) is 0 Å². The van der Waals surface area contributed by atoms with Crippen LogP contribution in [0.3, 0.4) is 0 Å². The molecule has 0 bridgehead atoms. The molecule has 0 amide bonds. The topological polar surface area (TPSA) is 74.6 Å². The van der Waals surface area contributed by atoms with E-state index in [2.05, 4.69) is 6.92 Å². The molecule has 0 heterocycles. The molecular weight excluding hydrogens is 372 g/mol. The van der Waals surface area contributed by atoms with Crippen molar-refractivity contribution >= 4 is 10.1 Å². The number of hydrogen-bond acceptors (Lipinski definition) is 3. The molecule has 1 unspecified atom stereocenters. The molecule has 4 nitrogen and oxygen atoms in total. The molecule has 0 fully saturated rings. The van der Waals surface area contributed by atoms with Crippen molar-refractivity contribution in [3.8, 4) is 0 Å². The lowest BCUT2D eigenvalue weighted by atomic mass is 10.0. The average molecular weight is 421 g/mol. The zero-order chi connectivity index (χ0) is 20.9. The Labute approximate surface area is 175 Å². The standard InChI is InChI=1S/C23H48O4S/c1-2-3-4-5-6-7-8-9-10-11-12-13-14-17-20-23(28(25,26)27)21-18-15-16-19-22-24/h23-24H,2-22H2,1H3,(H,25,26,27). The number of aliphatic hydroxyl groups excluding tert-OH is 1. The van der Waals surface area contributed by atoms with E-state index in [0.717, 1.165) is 38.5 Å². The quantitative estimate of drug-likeness (QED) is 0.145. The molecule has 0 saturated heterocycles. The first-order chi connectivity index (χ1) is 13.5. The normalized spacial score (nSPS) is 13.1. The summed E-state index contributed by atoms with van der Waals surface area (Å²) in [6.45, 7) is 2.45. The number of rotatable bonds is 22. The van der Waals surface area contributed by atoms with Gasteiger partial charge in [0, 0.05) is 6.61 Å². The third-order valence-corrected chi connectivity index (χ3v) is 7.05. The minimum Gasteiger partial charge on any atom is -0.396 e. The van der Waals surface area contributed by atoms with Gasteiger partial charge >= 0.3 is 0 Å². The lowest BCUT2D eigenvalue weighted by Gasteiger charge is -2.13. The minimum absolute atomic E-state index is 0.195. The maximum absolute atomic E-state index is 11.5. The van der Waals surface area contributed by atoms with E-state index in [0.29, 0.717) is 12.8 Å². The van der Waals surface area contributed by atoms with Gasteiger partial charge in [0.15, 0.2) is 0 Å². The van der Waals surface area contributed by atoms with Crippen molar-refractivity contribution in [1.29, 1.82) is 0 Å². The van der Waals surface area contributed by atoms with E-state index in [9.17, 15) is 13.0 Å². The highest BCUT2D eigenvalue weighted by Crippen LogP contribution is 2.19. The van der Waals surface area contributed by atoms with Gasteiger partial charge in [-0.05, 0) is 19.3 Å². The lowest BCUT2D eigenvalue weighted by molar-refractivity contribution is 0.282. The van der Waals surface area contributed by atoms with Gasteiger partial charge in [0.2, 0.25) is 0 Å². The first-order valence-corrected chi connectivity index (χ1v) is 13.6. The summed E-state index contributed by atoms with van der Waals surface area (Å²) in [7, 11) is -3.92. The van der Waals surface area contributed by atoms with Crippen LogP contribution in [0.4, 0.5) is 0 Å². The summed E-state index contributed by atoms with van der Waals surface area (Å²) in [6, 6.07) is 0. The number of aliphatic hydroxyl groups is 1. The predicted molar refractivity (Wildman–Crippen MR) is 120 cm³/mol. The summed E-state index contributed by atoms with van der Waals surface area (Å²) < 4.78 is 32.5. The molecule has 170 valence electrons. The number of hydrogen-bond donors (Lipinski definition) is 2. The van der Waals surface area contributed by atoms with Crippen molar-refractivity contribution in [3.05, 3.63) is 0 Å². The lowest BCUT2D eigenvalue weighted by Crippen LogP contribution is -2.20. The van der Waals surface area contributed by atoms with Crippen LogP contribution >= 0.6 is 0 Å². The SMILES string of the molecule is CCCCCCCCCCCCCCCCC(CCCCCCO)S(=O)(=O)O. The Morgan fingerprint density at radius 1 is 0.571 bits per heavy atom. The van der Waals surface area contributed by atoms with Crippen LogP contribution in [-0.2, 0) is 10.1 Å². The van der Waals surface area contributed by atoms with Crippen LogP contribution in [-0.4, -0.2) is 29.9 Å². The Hall–Kier alpha value is -0.130. The predicted octanol–water partition coefficient (Wildman–Crippen LogP) is 7.06. The molecule has 5 heteroatoms. The van der Waals surface area contributed by atoms with Crippen LogP contribution in [0.15, 0.2) is 0 Å². The summed E-state index contributed by atoms with van der Waals surface area (Å²) in [5.41, 5.74) is 0. The molecule has 0 rings (SSSR count). The highest BCUT2D eigenvalue weighted by molar-refractivity contribution is 7.86. The van der Waals surface area contributed by atoms with Crippen LogP contribution in [0.2, 0.25) is 0 Å². The van der Waals surface area contributed by atoms with Crippen molar-refractivity contribution in [2.24, 2.45) is 0 Å². The van der Waals surface area contributed by atoms with Crippen LogP contribution in [0.1, 0.15) is 135 Å². The Kier molecular flexibility index (Phi) is 20.1. The summed E-state index contributed by atoms with van der Waals surface area (Å²) >= 11 is 0. The largest absolute Gasteiger partial charge is 0.396 e. The zero-order valence-electron chi connectivity index (χ0n) is 18.5. The Morgan fingerprint density at radius 2 is 0.893 bits per heavy atom. The Bertz CT molecular complexity index is 409. The van der Waals surface area contributed by atoms with Crippen molar-refractivity contribution in [1.82, 2.24) is 0 Å².